The predicted octanol–water partition coefficient (Wildman–Crippen LogP) is 13.9. The normalized spacial score (nSPS) is 13.7. The summed E-state index contributed by atoms with van der Waals surface area (Å²) in [6.45, 7) is 4.37. The van der Waals surface area contributed by atoms with Crippen molar-refractivity contribution in [1.82, 2.24) is 0 Å². The van der Waals surface area contributed by atoms with Crippen molar-refractivity contribution in [3.8, 4) is 0 Å². The molecule has 0 spiro atoms. The van der Waals surface area contributed by atoms with Gasteiger partial charge in [-0.15, -0.1) is 0 Å². The molecule has 0 aromatic carbocycles. The highest BCUT2D eigenvalue weighted by molar-refractivity contribution is 7.47. The molecular formula is C48H93NO8P+. The zero-order valence-electron chi connectivity index (χ0n) is 38.5. The summed E-state index contributed by atoms with van der Waals surface area (Å²) in [5, 5.41) is 0. The van der Waals surface area contributed by atoms with Gasteiger partial charge in [0, 0.05) is 12.8 Å². The van der Waals surface area contributed by atoms with Gasteiger partial charge in [0.25, 0.3) is 0 Å². The second-order valence-corrected chi connectivity index (χ2v) is 18.9. The van der Waals surface area contributed by atoms with Crippen molar-refractivity contribution in [3.05, 3.63) is 24.3 Å². The largest absolute Gasteiger partial charge is 0.472 e. The van der Waals surface area contributed by atoms with E-state index in [9.17, 15) is 19.0 Å². The highest BCUT2D eigenvalue weighted by Crippen LogP contribution is 2.43. The van der Waals surface area contributed by atoms with Gasteiger partial charge in [-0.3, -0.25) is 18.6 Å². The molecule has 58 heavy (non-hydrogen) atoms. The summed E-state index contributed by atoms with van der Waals surface area (Å²) in [6.07, 6.45) is 45.4. The van der Waals surface area contributed by atoms with E-state index in [0.29, 0.717) is 23.9 Å². The van der Waals surface area contributed by atoms with Crippen LogP contribution < -0.4 is 0 Å². The van der Waals surface area contributed by atoms with Crippen LogP contribution >= 0.6 is 7.82 Å². The Bertz CT molecular complexity index is 1040. The minimum atomic E-state index is -4.39. The molecule has 2 unspecified atom stereocenters. The number of ether oxygens (including phenoxy) is 2. The molecule has 0 amide bonds. The number of carbonyl (C=O) groups is 2. The second kappa shape index (κ2) is 40.9. The number of hydrogen-bond donors (Lipinski definition) is 1. The van der Waals surface area contributed by atoms with Gasteiger partial charge in [-0.25, -0.2) is 4.57 Å². The zero-order valence-corrected chi connectivity index (χ0v) is 39.4. The van der Waals surface area contributed by atoms with Gasteiger partial charge in [0.1, 0.15) is 19.8 Å². The van der Waals surface area contributed by atoms with Crippen LogP contribution in [0.1, 0.15) is 219 Å². The number of phosphoric acid groups is 1. The van der Waals surface area contributed by atoms with E-state index >= 15 is 0 Å². The third kappa shape index (κ3) is 44.1. The maximum atomic E-state index is 12.7. The van der Waals surface area contributed by atoms with Crippen LogP contribution in [0.3, 0.4) is 0 Å². The van der Waals surface area contributed by atoms with Gasteiger partial charge in [0.15, 0.2) is 6.10 Å². The molecule has 0 aliphatic rings. The van der Waals surface area contributed by atoms with Crippen molar-refractivity contribution >= 4 is 19.8 Å². The lowest BCUT2D eigenvalue weighted by Gasteiger charge is -2.24. The number of nitrogens with zero attached hydrogens (tertiary/aromatic N) is 1. The van der Waals surface area contributed by atoms with Crippen LogP contribution in [-0.4, -0.2) is 74.9 Å². The third-order valence-electron chi connectivity index (χ3n) is 10.5. The molecule has 2 atom stereocenters. The van der Waals surface area contributed by atoms with Crippen LogP contribution in [0.4, 0.5) is 0 Å². The first-order valence-corrected chi connectivity index (χ1v) is 25.6. The molecule has 0 fully saturated rings. The number of carbonyl (C=O) groups excluding carboxylic acids is 2. The number of hydrogen-bond acceptors (Lipinski definition) is 7. The van der Waals surface area contributed by atoms with E-state index in [0.717, 1.165) is 25.7 Å². The molecule has 9 nitrogen and oxygen atoms in total. The number of unbranched alkanes of at least 4 members (excludes halogenated alkanes) is 26. The number of allylic oxidation sites excluding steroid dienone is 4. The third-order valence-corrected chi connectivity index (χ3v) is 11.5. The van der Waals surface area contributed by atoms with E-state index in [4.69, 9.17) is 18.5 Å². The van der Waals surface area contributed by atoms with Crippen molar-refractivity contribution in [2.24, 2.45) is 0 Å². The maximum Gasteiger partial charge on any atom is 0.472 e. The van der Waals surface area contributed by atoms with E-state index in [2.05, 4.69) is 26.0 Å². The molecule has 0 heterocycles. The van der Waals surface area contributed by atoms with Crippen molar-refractivity contribution in [2.45, 2.75) is 225 Å². The van der Waals surface area contributed by atoms with E-state index < -0.39 is 32.5 Å². The van der Waals surface area contributed by atoms with Crippen molar-refractivity contribution in [3.63, 3.8) is 0 Å². The Morgan fingerprint density at radius 3 is 1.28 bits per heavy atom. The minimum Gasteiger partial charge on any atom is -0.462 e. The van der Waals surface area contributed by atoms with E-state index in [1.807, 2.05) is 33.3 Å². The number of phosphoric ester groups is 1. The fraction of sp³-hybridized carbons (Fsp3) is 0.875. The Hall–Kier alpha value is -1.51. The van der Waals surface area contributed by atoms with Gasteiger partial charge in [-0.1, -0.05) is 192 Å². The van der Waals surface area contributed by atoms with Gasteiger partial charge in [0.2, 0.25) is 0 Å². The molecule has 0 rings (SSSR count). The lowest BCUT2D eigenvalue weighted by molar-refractivity contribution is -0.870. The van der Waals surface area contributed by atoms with Gasteiger partial charge in [0.05, 0.1) is 27.7 Å². The van der Waals surface area contributed by atoms with Crippen molar-refractivity contribution in [2.75, 3.05) is 47.5 Å². The molecule has 0 aliphatic carbocycles. The van der Waals surface area contributed by atoms with Gasteiger partial charge in [-0.05, 0) is 38.5 Å². The van der Waals surface area contributed by atoms with Crippen molar-refractivity contribution < 1.29 is 42.1 Å². The summed E-state index contributed by atoms with van der Waals surface area (Å²) in [5.74, 6) is -0.904. The highest BCUT2D eigenvalue weighted by atomic mass is 31.2. The number of esters is 2. The predicted molar refractivity (Wildman–Crippen MR) is 243 cm³/mol. The monoisotopic (exact) mass is 843 g/mol. The summed E-state index contributed by atoms with van der Waals surface area (Å²) in [4.78, 5) is 35.4. The first-order valence-electron chi connectivity index (χ1n) is 24.1. The lowest BCUT2D eigenvalue weighted by atomic mass is 10.0. The average molecular weight is 843 g/mol. The summed E-state index contributed by atoms with van der Waals surface area (Å²) in [5.41, 5.74) is 0. The topological polar surface area (TPSA) is 108 Å². The highest BCUT2D eigenvalue weighted by Gasteiger charge is 2.27. The summed E-state index contributed by atoms with van der Waals surface area (Å²) >= 11 is 0. The van der Waals surface area contributed by atoms with Crippen LogP contribution in [0.5, 0.6) is 0 Å². The second-order valence-electron chi connectivity index (χ2n) is 17.5. The Balaban J connectivity index is 4.36. The van der Waals surface area contributed by atoms with Gasteiger partial charge >= 0.3 is 19.8 Å². The zero-order chi connectivity index (χ0) is 42.8. The Labute approximate surface area is 358 Å². The quantitative estimate of drug-likeness (QED) is 0.0212. The summed E-state index contributed by atoms with van der Waals surface area (Å²) in [6, 6.07) is 0. The number of quaternary nitrogens is 1. The minimum absolute atomic E-state index is 0.0231. The first-order chi connectivity index (χ1) is 28.0. The molecule has 0 saturated carbocycles. The van der Waals surface area contributed by atoms with E-state index in [1.54, 1.807) is 0 Å². The van der Waals surface area contributed by atoms with Crippen LogP contribution in [0.25, 0.3) is 0 Å². The number of rotatable bonds is 44. The van der Waals surface area contributed by atoms with Crippen LogP contribution in [0.2, 0.25) is 0 Å². The molecule has 0 radical (unpaired) electrons. The molecule has 0 aromatic heterocycles. The molecule has 342 valence electrons. The van der Waals surface area contributed by atoms with E-state index in [-0.39, 0.29) is 26.1 Å². The van der Waals surface area contributed by atoms with Crippen molar-refractivity contribution in [1.29, 1.82) is 0 Å². The Morgan fingerprint density at radius 2 is 0.879 bits per heavy atom. The van der Waals surface area contributed by atoms with Crippen LogP contribution in [0, 0.1) is 0 Å². The Morgan fingerprint density at radius 1 is 0.517 bits per heavy atom. The SMILES string of the molecule is CCCCCCCCCCCCCCC/C=C\CCC(=O)OCC(COP(=O)(O)OCC[N+](C)(C)C)OC(=O)CC/C=C\CCCCCCCCCCCCCCC. The van der Waals surface area contributed by atoms with Crippen LogP contribution in [0.15, 0.2) is 24.3 Å². The molecular weight excluding hydrogens is 750 g/mol. The smallest absolute Gasteiger partial charge is 0.462 e. The molecule has 1 N–H and O–H groups in total. The fourth-order valence-corrected chi connectivity index (χ4v) is 7.44. The maximum absolute atomic E-state index is 12.7. The molecule has 10 heteroatoms. The molecule has 0 saturated heterocycles. The molecule has 0 aliphatic heterocycles. The summed E-state index contributed by atoms with van der Waals surface area (Å²) in [7, 11) is 1.45. The van der Waals surface area contributed by atoms with Gasteiger partial charge in [-0.2, -0.15) is 0 Å². The lowest BCUT2D eigenvalue weighted by Crippen LogP contribution is -2.37. The summed E-state index contributed by atoms with van der Waals surface area (Å²) < 4.78 is 34.3. The van der Waals surface area contributed by atoms with Crippen LogP contribution in [-0.2, 0) is 32.7 Å². The fourth-order valence-electron chi connectivity index (χ4n) is 6.70. The average Bonchev–Trinajstić information content (AvgIpc) is 3.17. The van der Waals surface area contributed by atoms with E-state index in [1.165, 1.54) is 154 Å². The Kier molecular flexibility index (Phi) is 39.8. The standard InChI is InChI=1S/C48H92NO8P/c1-6-8-10-12-14-16-18-20-22-24-26-28-30-32-34-36-38-40-47(50)54-44-46(45-56-58(52,53)55-43-42-49(3,4)5)57-48(51)41-39-37-35-33-31-29-27-25-23-21-19-17-15-13-11-9-7-2/h34-37,46H,6-33,38-45H2,1-5H3/p+1/b36-34-,37-35-. The molecule has 0 bridgehead atoms. The molecule has 0 aromatic rings. The number of likely N-dealkylation sites (N-methyl/N-ethyl adjacent to an activating group) is 1. The first kappa shape index (κ1) is 56.5. The van der Waals surface area contributed by atoms with Gasteiger partial charge < -0.3 is 18.9 Å².